The van der Waals surface area contributed by atoms with Gasteiger partial charge in [-0.15, -0.1) is 29.9 Å². The highest BCUT2D eigenvalue weighted by Gasteiger charge is 2.27. The SMILES string of the molecule is Cl.Cl.NC1CCC(n2cc(C(=O)N3CCCOc4cccc(c4)CCC4CCCCN4CC3)nn2)CC1. The normalized spacial score (nSPS) is 25.4. The average Bonchev–Trinajstić information content (AvgIpc) is 3.38. The number of aromatic nitrogens is 3. The van der Waals surface area contributed by atoms with Crippen molar-refractivity contribution >= 4 is 30.7 Å². The first-order valence-electron chi connectivity index (χ1n) is 13.6. The second-order valence-electron chi connectivity index (χ2n) is 10.5. The number of nitrogens with zero attached hydrogens (tertiary/aromatic N) is 5. The summed E-state index contributed by atoms with van der Waals surface area (Å²) in [6.45, 7) is 3.99. The number of benzene rings is 1. The summed E-state index contributed by atoms with van der Waals surface area (Å²) in [5.74, 6) is 0.902. The lowest BCUT2D eigenvalue weighted by atomic mass is 9.92. The van der Waals surface area contributed by atoms with E-state index in [1.54, 1.807) is 0 Å². The molecule has 1 aromatic carbocycles. The zero-order valence-electron chi connectivity index (χ0n) is 21.7. The van der Waals surface area contributed by atoms with Crippen molar-refractivity contribution in [3.05, 3.63) is 41.7 Å². The van der Waals surface area contributed by atoms with E-state index in [-0.39, 0.29) is 36.8 Å². The van der Waals surface area contributed by atoms with Gasteiger partial charge >= 0.3 is 0 Å². The van der Waals surface area contributed by atoms with Gasteiger partial charge in [0.1, 0.15) is 5.75 Å². The van der Waals surface area contributed by atoms with Crippen molar-refractivity contribution in [1.82, 2.24) is 24.8 Å². The summed E-state index contributed by atoms with van der Waals surface area (Å²) >= 11 is 0. The predicted octanol–water partition coefficient (Wildman–Crippen LogP) is 4.28. The maximum absolute atomic E-state index is 13.5. The molecule has 2 aliphatic heterocycles. The van der Waals surface area contributed by atoms with Crippen molar-refractivity contribution in [1.29, 1.82) is 0 Å². The van der Waals surface area contributed by atoms with Crippen LogP contribution in [0.15, 0.2) is 30.5 Å². The van der Waals surface area contributed by atoms with Crippen LogP contribution in [0.25, 0.3) is 0 Å². The number of halogens is 2. The second-order valence-corrected chi connectivity index (χ2v) is 10.5. The maximum Gasteiger partial charge on any atom is 0.276 e. The third-order valence-corrected chi connectivity index (χ3v) is 8.04. The Labute approximate surface area is 233 Å². The Kier molecular flexibility index (Phi) is 11.5. The smallest absolute Gasteiger partial charge is 0.276 e. The first kappa shape index (κ1) is 29.7. The first-order valence-corrected chi connectivity index (χ1v) is 13.6. The topological polar surface area (TPSA) is 89.5 Å². The van der Waals surface area contributed by atoms with Crippen molar-refractivity contribution in [2.45, 2.75) is 82.3 Å². The van der Waals surface area contributed by atoms with Crippen LogP contribution in [0.1, 0.15) is 79.9 Å². The highest BCUT2D eigenvalue weighted by Crippen LogP contribution is 2.27. The third kappa shape index (κ3) is 7.82. The van der Waals surface area contributed by atoms with Gasteiger partial charge in [-0.1, -0.05) is 23.8 Å². The van der Waals surface area contributed by atoms with Crippen LogP contribution in [0.2, 0.25) is 0 Å². The van der Waals surface area contributed by atoms with Gasteiger partial charge in [0.25, 0.3) is 5.91 Å². The molecule has 1 aliphatic carbocycles. The molecule has 3 aliphatic rings. The number of fused-ring (bicyclic) bond motifs is 3. The molecule has 8 nitrogen and oxygen atoms in total. The molecule has 206 valence electrons. The van der Waals surface area contributed by atoms with Gasteiger partial charge in [0, 0.05) is 31.7 Å². The molecule has 1 saturated carbocycles. The molecule has 5 rings (SSSR count). The minimum absolute atomic E-state index is 0. The Morgan fingerprint density at radius 2 is 1.76 bits per heavy atom. The summed E-state index contributed by atoms with van der Waals surface area (Å²) in [7, 11) is 0. The number of ether oxygens (including phenoxy) is 1. The molecule has 0 spiro atoms. The van der Waals surface area contributed by atoms with Gasteiger partial charge < -0.3 is 15.4 Å². The number of carbonyl (C=O) groups excluding carboxylic acids is 1. The number of nitrogens with two attached hydrogens (primary N) is 1. The Bertz CT molecular complexity index is 981. The van der Waals surface area contributed by atoms with Crippen molar-refractivity contribution in [2.24, 2.45) is 5.73 Å². The van der Waals surface area contributed by atoms with E-state index >= 15 is 0 Å². The van der Waals surface area contributed by atoms with E-state index in [0.29, 0.717) is 37.5 Å². The van der Waals surface area contributed by atoms with Gasteiger partial charge in [-0.25, -0.2) is 4.68 Å². The van der Waals surface area contributed by atoms with E-state index in [9.17, 15) is 4.79 Å². The monoisotopic (exact) mass is 552 g/mol. The molecular weight excluding hydrogens is 511 g/mol. The molecule has 2 N–H and O–H groups in total. The van der Waals surface area contributed by atoms with Crippen LogP contribution in [0.5, 0.6) is 5.75 Å². The van der Waals surface area contributed by atoms with Gasteiger partial charge in [-0.3, -0.25) is 9.69 Å². The fourth-order valence-corrected chi connectivity index (χ4v) is 5.90. The zero-order valence-corrected chi connectivity index (χ0v) is 23.3. The van der Waals surface area contributed by atoms with Crippen molar-refractivity contribution < 1.29 is 9.53 Å². The van der Waals surface area contributed by atoms with E-state index in [1.165, 1.54) is 24.8 Å². The second kappa shape index (κ2) is 14.3. The van der Waals surface area contributed by atoms with Gasteiger partial charge in [-0.05, 0) is 82.0 Å². The molecule has 1 saturated heterocycles. The van der Waals surface area contributed by atoms with Crippen LogP contribution in [-0.2, 0) is 6.42 Å². The molecule has 37 heavy (non-hydrogen) atoms. The molecule has 2 aromatic rings. The van der Waals surface area contributed by atoms with E-state index in [0.717, 1.165) is 63.8 Å². The molecule has 10 heteroatoms. The lowest BCUT2D eigenvalue weighted by Gasteiger charge is -2.37. The first-order chi connectivity index (χ1) is 17.2. The average molecular weight is 554 g/mol. The lowest BCUT2D eigenvalue weighted by molar-refractivity contribution is 0.0677. The Balaban J connectivity index is 0.00000190. The summed E-state index contributed by atoms with van der Waals surface area (Å²) in [6.07, 6.45) is 12.6. The quantitative estimate of drug-likeness (QED) is 0.598. The number of rotatable bonds is 2. The van der Waals surface area contributed by atoms with Crippen molar-refractivity contribution in [2.75, 3.05) is 32.8 Å². The number of hydrogen-bond acceptors (Lipinski definition) is 6. The van der Waals surface area contributed by atoms with E-state index < -0.39 is 0 Å². The summed E-state index contributed by atoms with van der Waals surface area (Å²) < 4.78 is 7.92. The molecule has 2 bridgehead atoms. The Morgan fingerprint density at radius 1 is 0.919 bits per heavy atom. The van der Waals surface area contributed by atoms with Gasteiger partial charge in [0.15, 0.2) is 5.69 Å². The largest absolute Gasteiger partial charge is 0.494 e. The van der Waals surface area contributed by atoms with Gasteiger partial charge in [0.2, 0.25) is 0 Å². The highest BCUT2D eigenvalue weighted by atomic mass is 35.5. The van der Waals surface area contributed by atoms with Crippen LogP contribution < -0.4 is 10.5 Å². The van der Waals surface area contributed by atoms with Crippen LogP contribution >= 0.6 is 24.8 Å². The standard InChI is InChI=1S/C27H40N6O2.2ClH/c28-22-9-12-24(13-10-22)33-20-26(29-30-33)27(34)32-15-4-18-35-25-7-3-5-21(19-25)8-11-23-6-1-2-14-31(23)16-17-32;;/h3,5,7,19-20,22-24H,1-2,4,6,8-18,28H2;2*1H. The minimum Gasteiger partial charge on any atom is -0.494 e. The molecule has 2 fully saturated rings. The molecular formula is C27H42Cl2N6O2. The molecule has 1 aromatic heterocycles. The summed E-state index contributed by atoms with van der Waals surface area (Å²) in [5.41, 5.74) is 7.86. The zero-order chi connectivity index (χ0) is 24.0. The Morgan fingerprint density at radius 3 is 2.59 bits per heavy atom. The fourth-order valence-electron chi connectivity index (χ4n) is 5.90. The summed E-state index contributed by atoms with van der Waals surface area (Å²) in [5, 5.41) is 8.62. The van der Waals surface area contributed by atoms with Crippen LogP contribution in [0, 0.1) is 0 Å². The number of piperidine rings is 1. The van der Waals surface area contributed by atoms with E-state index in [1.807, 2.05) is 21.8 Å². The molecule has 3 heterocycles. The molecule has 1 unspecified atom stereocenters. The van der Waals surface area contributed by atoms with Gasteiger partial charge in [-0.2, -0.15) is 0 Å². The van der Waals surface area contributed by atoms with Crippen LogP contribution in [-0.4, -0.2) is 75.6 Å². The fraction of sp³-hybridized carbons (Fsp3) is 0.667. The van der Waals surface area contributed by atoms with Gasteiger partial charge in [0.05, 0.1) is 18.8 Å². The third-order valence-electron chi connectivity index (χ3n) is 8.04. The van der Waals surface area contributed by atoms with Crippen molar-refractivity contribution in [3.63, 3.8) is 0 Å². The molecule has 1 amide bonds. The number of aryl methyl sites for hydroxylation is 1. The Hall–Kier alpha value is -1.87. The minimum atomic E-state index is -0.0218. The van der Waals surface area contributed by atoms with E-state index in [4.69, 9.17) is 10.5 Å². The van der Waals surface area contributed by atoms with E-state index in [2.05, 4.69) is 33.4 Å². The summed E-state index contributed by atoms with van der Waals surface area (Å²) in [4.78, 5) is 18.1. The van der Waals surface area contributed by atoms with Crippen molar-refractivity contribution in [3.8, 4) is 5.75 Å². The molecule has 0 radical (unpaired) electrons. The highest BCUT2D eigenvalue weighted by molar-refractivity contribution is 5.91. The number of hydrogen-bond donors (Lipinski definition) is 1. The number of amides is 1. The molecule has 1 atom stereocenters. The number of carbonyl (C=O) groups is 1. The maximum atomic E-state index is 13.5. The lowest BCUT2D eigenvalue weighted by Crippen LogP contribution is -2.45. The van der Waals surface area contributed by atoms with Crippen LogP contribution in [0.4, 0.5) is 0 Å². The van der Waals surface area contributed by atoms with Crippen LogP contribution in [0.3, 0.4) is 0 Å². The summed E-state index contributed by atoms with van der Waals surface area (Å²) in [6, 6.07) is 9.66. The predicted molar refractivity (Wildman–Crippen MR) is 150 cm³/mol.